The van der Waals surface area contributed by atoms with E-state index < -0.39 is 10.8 Å². The van der Waals surface area contributed by atoms with Gasteiger partial charge in [0.2, 0.25) is 0 Å². The molecule has 0 N–H and O–H groups in total. The van der Waals surface area contributed by atoms with Crippen molar-refractivity contribution < 1.29 is 0 Å². The average molecular weight is 1460 g/mol. The number of para-hydroxylation sites is 1. The van der Waals surface area contributed by atoms with Crippen LogP contribution in [0.1, 0.15) is 72.2 Å². The molecule has 2 aliphatic carbocycles. The molecule has 2 heterocycles. The van der Waals surface area contributed by atoms with Gasteiger partial charge in [-0.05, 0) is 152 Å². The summed E-state index contributed by atoms with van der Waals surface area (Å²) < 4.78 is 0. The van der Waals surface area contributed by atoms with Crippen LogP contribution in [0.3, 0.4) is 0 Å². The van der Waals surface area contributed by atoms with Crippen LogP contribution >= 0.6 is 0 Å². The molecule has 0 bridgehead atoms. The molecule has 114 heavy (non-hydrogen) atoms. The van der Waals surface area contributed by atoms with Gasteiger partial charge in [-0.3, -0.25) is 0 Å². The molecule has 5 heteroatoms. The Morgan fingerprint density at radius 3 is 1.06 bits per heavy atom. The molecule has 20 rings (SSSR count). The minimum Gasteiger partial charge on any atom is -0.228 e. The van der Waals surface area contributed by atoms with Crippen LogP contribution in [0.25, 0.3) is 134 Å². The van der Waals surface area contributed by atoms with Crippen molar-refractivity contribution in [2.45, 2.75) is 49.4 Å². The lowest BCUT2D eigenvalue weighted by molar-refractivity contribution is 0.299. The van der Waals surface area contributed by atoms with Crippen molar-refractivity contribution in [3.63, 3.8) is 0 Å². The first kappa shape index (κ1) is 70.3. The lowest BCUT2D eigenvalue weighted by Crippen LogP contribution is -2.54. The molecule has 0 radical (unpaired) electrons. The maximum Gasteiger partial charge on any atom is 0.164 e. The van der Waals surface area contributed by atoms with E-state index in [1.807, 2.05) is 66.7 Å². The van der Waals surface area contributed by atoms with Gasteiger partial charge in [-0.25, -0.2) is 24.9 Å². The second kappa shape index (κ2) is 29.3. The molecule has 0 aliphatic heterocycles. The first-order valence-corrected chi connectivity index (χ1v) is 39.4. The molecule has 542 valence electrons. The number of fused-ring (bicyclic) bond motifs is 7. The molecular formula is C109H81N5. The predicted octanol–water partition coefficient (Wildman–Crippen LogP) is 27.1. The fraction of sp³-hybridized carbons (Fsp3) is 0.0734. The van der Waals surface area contributed by atoms with Crippen molar-refractivity contribution in [3.05, 3.63) is 463 Å². The molecule has 0 fully saturated rings. The topological polar surface area (TPSA) is 64.5 Å². The highest BCUT2D eigenvalue weighted by Crippen LogP contribution is 2.66. The van der Waals surface area contributed by atoms with Crippen molar-refractivity contribution in [2.75, 3.05) is 0 Å². The highest BCUT2D eigenvalue weighted by Gasteiger charge is 2.61. The lowest BCUT2D eigenvalue weighted by Gasteiger charge is -2.57. The van der Waals surface area contributed by atoms with Crippen LogP contribution in [-0.2, 0) is 21.7 Å². The highest BCUT2D eigenvalue weighted by molar-refractivity contribution is 5.95. The van der Waals surface area contributed by atoms with Crippen LogP contribution in [0.4, 0.5) is 0 Å². The molecule has 0 spiro atoms. The van der Waals surface area contributed by atoms with Crippen LogP contribution in [0, 0.1) is 0 Å². The van der Waals surface area contributed by atoms with Crippen LogP contribution in [0.5, 0.6) is 0 Å². The first-order valence-electron chi connectivity index (χ1n) is 39.4. The van der Waals surface area contributed by atoms with Gasteiger partial charge in [-0.2, -0.15) is 0 Å². The monoisotopic (exact) mass is 1460 g/mol. The van der Waals surface area contributed by atoms with E-state index in [2.05, 4.69) is 380 Å². The third kappa shape index (κ3) is 12.1. The fourth-order valence-electron chi connectivity index (χ4n) is 18.1. The van der Waals surface area contributed by atoms with Crippen LogP contribution in [-0.4, -0.2) is 24.9 Å². The number of nitrogens with zero attached hydrogens (tertiary/aromatic N) is 5. The number of hydrogen-bond acceptors (Lipinski definition) is 5. The van der Waals surface area contributed by atoms with E-state index in [4.69, 9.17) is 24.9 Å². The van der Waals surface area contributed by atoms with Gasteiger partial charge in [-0.15, -0.1) is 0 Å². The average Bonchev–Trinajstić information content (AvgIpc) is 0.660. The zero-order chi connectivity index (χ0) is 76.8. The number of aromatic nitrogens is 5. The van der Waals surface area contributed by atoms with Crippen LogP contribution < -0.4 is 0 Å². The standard InChI is InChI=1S/C65H45N3.C44H36N2/c1-7-23-47(24-8-1)61-66-62(48-25-9-2-10-26-48)68-63(67-61)49-41-39-46(40-42-49)55-35-19-20-36-56(55)50-43-44-58-57-37-21-22-38-59(57)64(51-27-11-3-12-28-51,52-29-13-4-14-30-52)65(60(58)45-50,53-31-15-5-16-32-53)54-33-17-6-18-34-54;1-43(2)38-25-23-33(32-19-13-18-31(26-32)29-14-7-5-8-15-29)27-37(38)35-24-22-34(28-39(35)44(43,3)4)42-45-40-21-12-11-20-36(40)41(46-42)30-16-9-6-10-17-30/h1-45H;5-28H,1-4H3. The Morgan fingerprint density at radius 1 is 0.175 bits per heavy atom. The molecule has 0 unspecified atom stereocenters. The van der Waals surface area contributed by atoms with Crippen LogP contribution in [0.2, 0.25) is 0 Å². The van der Waals surface area contributed by atoms with Crippen molar-refractivity contribution in [3.8, 4) is 124 Å². The smallest absolute Gasteiger partial charge is 0.164 e. The third-order valence-corrected chi connectivity index (χ3v) is 24.3. The molecule has 5 nitrogen and oxygen atoms in total. The summed E-state index contributed by atoms with van der Waals surface area (Å²) in [6.45, 7) is 9.53. The molecule has 16 aromatic carbocycles. The summed E-state index contributed by atoms with van der Waals surface area (Å²) >= 11 is 0. The largest absolute Gasteiger partial charge is 0.228 e. The zero-order valence-corrected chi connectivity index (χ0v) is 64.1. The Labute approximate surface area is 667 Å². The summed E-state index contributed by atoms with van der Waals surface area (Å²) in [7, 11) is 0. The van der Waals surface area contributed by atoms with E-state index in [9.17, 15) is 0 Å². The van der Waals surface area contributed by atoms with Crippen molar-refractivity contribution in [2.24, 2.45) is 0 Å². The Bertz CT molecular complexity index is 6410. The van der Waals surface area contributed by atoms with Gasteiger partial charge < -0.3 is 0 Å². The minimum atomic E-state index is -0.740. The highest BCUT2D eigenvalue weighted by atomic mass is 15.0. The summed E-state index contributed by atoms with van der Waals surface area (Å²) in [5.74, 6) is 2.67. The van der Waals surface area contributed by atoms with Gasteiger partial charge in [0, 0.05) is 33.2 Å². The molecule has 0 atom stereocenters. The SMILES string of the molecule is CC1(C)c2ccc(-c3cccc(-c4ccccc4)c3)cc2-c2ccc(-c3nc(-c4ccccc4)c4ccccc4n3)cc2C1(C)C.c1ccc(-c2nc(-c3ccccc3)nc(-c3ccc(-c4ccccc4-c4ccc5c(c4)C(c4ccccc4)(c4ccccc4)C(c4ccccc4)(c4ccccc4)c4ccccc4-5)cc3)n2)cc1. The number of rotatable bonds is 13. The quantitative estimate of drug-likeness (QED) is 0.115. The molecule has 0 saturated heterocycles. The second-order valence-electron chi connectivity index (χ2n) is 30.9. The van der Waals surface area contributed by atoms with E-state index >= 15 is 0 Å². The summed E-state index contributed by atoms with van der Waals surface area (Å²) in [4.78, 5) is 25.2. The predicted molar refractivity (Wildman–Crippen MR) is 471 cm³/mol. The summed E-state index contributed by atoms with van der Waals surface area (Å²) in [6.07, 6.45) is 0. The van der Waals surface area contributed by atoms with Crippen molar-refractivity contribution >= 4 is 10.9 Å². The lowest BCUT2D eigenvalue weighted by atomic mass is 9.43. The Kier molecular flexibility index (Phi) is 18.0. The second-order valence-corrected chi connectivity index (χ2v) is 30.9. The van der Waals surface area contributed by atoms with Crippen molar-refractivity contribution in [1.29, 1.82) is 0 Å². The molecule has 18 aromatic rings. The van der Waals surface area contributed by atoms with Gasteiger partial charge in [0.1, 0.15) is 0 Å². The van der Waals surface area contributed by atoms with Crippen molar-refractivity contribution in [1.82, 2.24) is 24.9 Å². The van der Waals surface area contributed by atoms with E-state index in [-0.39, 0.29) is 10.8 Å². The van der Waals surface area contributed by atoms with Gasteiger partial charge >= 0.3 is 0 Å². The van der Waals surface area contributed by atoms with Gasteiger partial charge in [0.25, 0.3) is 0 Å². The molecular weight excluding hydrogens is 1380 g/mol. The zero-order valence-electron chi connectivity index (χ0n) is 64.1. The molecule has 2 aromatic heterocycles. The maximum absolute atomic E-state index is 5.19. The van der Waals surface area contributed by atoms with E-state index in [0.717, 1.165) is 72.5 Å². The van der Waals surface area contributed by atoms with Gasteiger partial charge in [-0.1, -0.05) is 416 Å². The summed E-state index contributed by atoms with van der Waals surface area (Å²) in [5, 5.41) is 1.06. The third-order valence-electron chi connectivity index (χ3n) is 24.3. The Morgan fingerprint density at radius 2 is 0.518 bits per heavy atom. The number of hydrogen-bond donors (Lipinski definition) is 0. The van der Waals surface area contributed by atoms with E-state index in [1.165, 1.54) is 89.0 Å². The maximum atomic E-state index is 5.19. The summed E-state index contributed by atoms with van der Waals surface area (Å²) in [6, 6.07) is 151. The summed E-state index contributed by atoms with van der Waals surface area (Å²) in [5.41, 5.74) is 29.8. The molecule has 2 aliphatic rings. The molecule has 0 saturated carbocycles. The molecule has 0 amide bonds. The van der Waals surface area contributed by atoms with Gasteiger partial charge in [0.15, 0.2) is 23.3 Å². The fourth-order valence-corrected chi connectivity index (χ4v) is 18.1. The van der Waals surface area contributed by atoms with Gasteiger partial charge in [0.05, 0.1) is 22.0 Å². The van der Waals surface area contributed by atoms with E-state index in [1.54, 1.807) is 0 Å². The first-order chi connectivity index (χ1) is 56.0. The Hall–Kier alpha value is -14.1. The van der Waals surface area contributed by atoms with Crippen LogP contribution in [0.15, 0.2) is 419 Å². The normalized spacial score (nSPS) is 13.7. The minimum absolute atomic E-state index is 0.0994. The Balaban J connectivity index is 0.000000165. The van der Waals surface area contributed by atoms with E-state index in [0.29, 0.717) is 17.5 Å². The number of benzene rings is 16.